The molecule has 0 amide bonds. The lowest BCUT2D eigenvalue weighted by molar-refractivity contribution is -0.0504. The van der Waals surface area contributed by atoms with Crippen molar-refractivity contribution in [2.45, 2.75) is 40.2 Å². The molecule has 0 saturated carbocycles. The van der Waals surface area contributed by atoms with E-state index in [9.17, 15) is 8.78 Å². The van der Waals surface area contributed by atoms with Crippen molar-refractivity contribution in [1.29, 1.82) is 0 Å². The van der Waals surface area contributed by atoms with Gasteiger partial charge in [0.05, 0.1) is 13.2 Å². The number of aryl methyl sites for hydroxylation is 1. The fourth-order valence-corrected chi connectivity index (χ4v) is 2.75. The van der Waals surface area contributed by atoms with Gasteiger partial charge in [-0.3, -0.25) is 0 Å². The van der Waals surface area contributed by atoms with E-state index in [-0.39, 0.29) is 12.3 Å². The van der Waals surface area contributed by atoms with Crippen molar-refractivity contribution in [3.8, 4) is 5.75 Å². The smallest absolute Gasteiger partial charge is 0.387 e. The van der Waals surface area contributed by atoms with E-state index >= 15 is 0 Å². The molecule has 2 rings (SSSR count). The number of aliphatic imine (C=N–C) groups is 1. The van der Waals surface area contributed by atoms with Gasteiger partial charge in [-0.15, -0.1) is 0 Å². The average molecular weight is 391 g/mol. The van der Waals surface area contributed by atoms with Gasteiger partial charge in [0.15, 0.2) is 5.96 Å². The Morgan fingerprint density at radius 3 is 2.50 bits per heavy atom. The van der Waals surface area contributed by atoms with E-state index in [1.54, 1.807) is 25.3 Å². The van der Waals surface area contributed by atoms with Crippen LogP contribution in [0.2, 0.25) is 0 Å². The van der Waals surface area contributed by atoms with Crippen LogP contribution in [0, 0.1) is 6.92 Å². The molecule has 7 heteroatoms. The Balaban J connectivity index is 2.12. The highest BCUT2D eigenvalue weighted by atomic mass is 19.3. The lowest BCUT2D eigenvalue weighted by Gasteiger charge is -2.15. The third kappa shape index (κ3) is 6.81. The highest BCUT2D eigenvalue weighted by Gasteiger charge is 2.10. The maximum absolute atomic E-state index is 12.6. The summed E-state index contributed by atoms with van der Waals surface area (Å²) in [5.41, 5.74) is 3.77. The van der Waals surface area contributed by atoms with Crippen molar-refractivity contribution in [3.05, 3.63) is 64.7 Å². The van der Waals surface area contributed by atoms with Crippen LogP contribution in [0.3, 0.4) is 0 Å². The van der Waals surface area contributed by atoms with E-state index in [4.69, 9.17) is 4.74 Å². The minimum atomic E-state index is -2.87. The second-order valence-corrected chi connectivity index (χ2v) is 6.24. The summed E-state index contributed by atoms with van der Waals surface area (Å²) in [5, 5.41) is 6.44. The van der Waals surface area contributed by atoms with Gasteiger partial charge in [-0.2, -0.15) is 8.78 Å². The molecule has 0 radical (unpaired) electrons. The van der Waals surface area contributed by atoms with E-state index in [0.29, 0.717) is 31.2 Å². The van der Waals surface area contributed by atoms with Crippen LogP contribution in [0.25, 0.3) is 0 Å². The molecular formula is C21H27F2N3O2. The number of guanidine groups is 1. The van der Waals surface area contributed by atoms with E-state index in [1.807, 2.05) is 38.1 Å². The Morgan fingerprint density at radius 1 is 1.07 bits per heavy atom. The summed E-state index contributed by atoms with van der Waals surface area (Å²) in [4.78, 5) is 4.52. The Morgan fingerprint density at radius 2 is 1.82 bits per heavy atom. The lowest BCUT2D eigenvalue weighted by atomic mass is 10.1. The van der Waals surface area contributed by atoms with Gasteiger partial charge in [0.25, 0.3) is 0 Å². The molecule has 5 nitrogen and oxygen atoms in total. The van der Waals surface area contributed by atoms with E-state index in [2.05, 4.69) is 20.4 Å². The number of hydrogen-bond acceptors (Lipinski definition) is 3. The molecule has 0 bridgehead atoms. The molecule has 2 N–H and O–H groups in total. The summed E-state index contributed by atoms with van der Waals surface area (Å²) in [5.74, 6) is 0.741. The van der Waals surface area contributed by atoms with Gasteiger partial charge in [0.1, 0.15) is 5.75 Å². The first-order valence-corrected chi connectivity index (χ1v) is 9.15. The van der Waals surface area contributed by atoms with Gasteiger partial charge in [-0.25, -0.2) is 4.99 Å². The van der Waals surface area contributed by atoms with Crippen LogP contribution in [0.5, 0.6) is 5.75 Å². The Bertz CT molecular complexity index is 782. The van der Waals surface area contributed by atoms with Crippen LogP contribution >= 0.6 is 0 Å². The molecule has 0 spiro atoms. The third-order valence-electron chi connectivity index (χ3n) is 4.05. The standard InChI is InChI=1S/C21H27F2N3O2/c1-4-24-21(25-12-16-7-5-6-8-17(16)14-27-3)26-13-18-11-15(2)9-10-19(18)28-20(22)23/h5-11,20H,4,12-14H2,1-3H3,(H2,24,25,26). The van der Waals surface area contributed by atoms with Gasteiger partial charge >= 0.3 is 6.61 Å². The predicted molar refractivity (Wildman–Crippen MR) is 107 cm³/mol. The van der Waals surface area contributed by atoms with Gasteiger partial charge in [-0.1, -0.05) is 42.0 Å². The molecule has 28 heavy (non-hydrogen) atoms. The highest BCUT2D eigenvalue weighted by Crippen LogP contribution is 2.23. The topological polar surface area (TPSA) is 54.9 Å². The summed E-state index contributed by atoms with van der Waals surface area (Å²) in [6, 6.07) is 13.1. The van der Waals surface area contributed by atoms with Crippen molar-refractivity contribution < 1.29 is 18.3 Å². The Kier molecular flexibility index (Phi) is 8.68. The van der Waals surface area contributed by atoms with Crippen molar-refractivity contribution in [3.63, 3.8) is 0 Å². The van der Waals surface area contributed by atoms with Crippen molar-refractivity contribution >= 4 is 5.96 Å². The van der Waals surface area contributed by atoms with Crippen LogP contribution in [-0.2, 0) is 24.4 Å². The number of rotatable bonds is 9. The number of nitrogens with zero attached hydrogens (tertiary/aromatic N) is 1. The first-order chi connectivity index (χ1) is 13.5. The summed E-state index contributed by atoms with van der Waals surface area (Å²) in [6.07, 6.45) is 0. The molecule has 0 heterocycles. The normalized spacial score (nSPS) is 11.6. The van der Waals surface area contributed by atoms with Crippen LogP contribution in [-0.4, -0.2) is 26.2 Å². The second kappa shape index (κ2) is 11.2. The van der Waals surface area contributed by atoms with Gasteiger partial charge in [0, 0.05) is 25.8 Å². The van der Waals surface area contributed by atoms with Crippen LogP contribution in [0.4, 0.5) is 8.78 Å². The highest BCUT2D eigenvalue weighted by molar-refractivity contribution is 5.79. The number of benzene rings is 2. The van der Waals surface area contributed by atoms with Gasteiger partial charge in [0.2, 0.25) is 0 Å². The third-order valence-corrected chi connectivity index (χ3v) is 4.05. The largest absolute Gasteiger partial charge is 0.434 e. The molecule has 152 valence electrons. The number of halogens is 2. The Labute approximate surface area is 164 Å². The van der Waals surface area contributed by atoms with Crippen molar-refractivity contribution in [1.82, 2.24) is 10.6 Å². The average Bonchev–Trinajstić information content (AvgIpc) is 2.67. The van der Waals surface area contributed by atoms with E-state index in [0.717, 1.165) is 16.7 Å². The summed E-state index contributed by atoms with van der Waals surface area (Å²) in [6.45, 7) is 3.00. The number of ether oxygens (including phenoxy) is 2. The molecule has 0 unspecified atom stereocenters. The van der Waals surface area contributed by atoms with Gasteiger partial charge in [-0.05, 0) is 31.0 Å². The molecule has 0 saturated heterocycles. The monoisotopic (exact) mass is 391 g/mol. The minimum Gasteiger partial charge on any atom is -0.434 e. The fraction of sp³-hybridized carbons (Fsp3) is 0.381. The molecule has 2 aromatic rings. The predicted octanol–water partition coefficient (Wildman–Crippen LogP) is 4.00. The molecular weight excluding hydrogens is 364 g/mol. The zero-order chi connectivity index (χ0) is 20.4. The molecule has 2 aromatic carbocycles. The first-order valence-electron chi connectivity index (χ1n) is 9.15. The number of alkyl halides is 2. The summed E-state index contributed by atoms with van der Waals surface area (Å²) in [7, 11) is 1.66. The zero-order valence-corrected chi connectivity index (χ0v) is 16.5. The molecule has 0 atom stereocenters. The van der Waals surface area contributed by atoms with Crippen molar-refractivity contribution in [2.24, 2.45) is 4.99 Å². The van der Waals surface area contributed by atoms with Crippen LogP contribution in [0.15, 0.2) is 47.5 Å². The lowest BCUT2D eigenvalue weighted by Crippen LogP contribution is -2.37. The molecule has 0 fully saturated rings. The maximum Gasteiger partial charge on any atom is 0.387 e. The molecule has 0 aliphatic heterocycles. The van der Waals surface area contributed by atoms with E-state index in [1.165, 1.54) is 0 Å². The quantitative estimate of drug-likeness (QED) is 0.501. The summed E-state index contributed by atoms with van der Waals surface area (Å²) < 4.78 is 35.1. The summed E-state index contributed by atoms with van der Waals surface area (Å²) >= 11 is 0. The van der Waals surface area contributed by atoms with Crippen LogP contribution in [0.1, 0.15) is 29.2 Å². The molecule has 0 aliphatic rings. The molecule has 0 aromatic heterocycles. The minimum absolute atomic E-state index is 0.144. The maximum atomic E-state index is 12.6. The fourth-order valence-electron chi connectivity index (χ4n) is 2.75. The van der Waals surface area contributed by atoms with Crippen LogP contribution < -0.4 is 15.4 Å². The van der Waals surface area contributed by atoms with E-state index < -0.39 is 6.61 Å². The van der Waals surface area contributed by atoms with Crippen molar-refractivity contribution in [2.75, 3.05) is 13.7 Å². The number of nitrogens with one attached hydrogen (secondary N) is 2. The zero-order valence-electron chi connectivity index (χ0n) is 16.5. The molecule has 0 aliphatic carbocycles. The number of methoxy groups -OCH3 is 1. The van der Waals surface area contributed by atoms with Gasteiger partial charge < -0.3 is 20.1 Å². The Hall–Kier alpha value is -2.67. The SMILES string of the molecule is CCNC(=NCc1cc(C)ccc1OC(F)F)NCc1ccccc1COC. The number of hydrogen-bond donors (Lipinski definition) is 2. The second-order valence-electron chi connectivity index (χ2n) is 6.24. The first kappa shape index (κ1) is 21.6.